The number of hydrogen-bond acceptors (Lipinski definition) is 14. The van der Waals surface area contributed by atoms with Crippen molar-refractivity contribution in [3.63, 3.8) is 0 Å². The number of aromatic amines is 2. The normalized spacial score (nSPS) is 10.5. The highest BCUT2D eigenvalue weighted by Gasteiger charge is 2.15. The summed E-state index contributed by atoms with van der Waals surface area (Å²) < 4.78 is 43.8. The summed E-state index contributed by atoms with van der Waals surface area (Å²) in [5, 5.41) is 18.0. The number of pyridine rings is 3. The van der Waals surface area contributed by atoms with Crippen LogP contribution in [-0.2, 0) is 48.2 Å². The Hall–Kier alpha value is -8.16. The number of rotatable bonds is 10. The molecule has 6 aromatic heterocycles. The lowest BCUT2D eigenvalue weighted by Crippen LogP contribution is -2.36. The van der Waals surface area contributed by atoms with Gasteiger partial charge in [0.1, 0.15) is 12.3 Å². The molecule has 9 aromatic rings. The highest BCUT2D eigenvalue weighted by molar-refractivity contribution is 7.85. The topological polar surface area (TPSA) is 227 Å². The van der Waals surface area contributed by atoms with E-state index in [1.165, 1.54) is 61.7 Å². The summed E-state index contributed by atoms with van der Waals surface area (Å²) in [4.78, 5) is 46.7. The molecule has 0 fully saturated rings. The number of benzene rings is 3. The fourth-order valence-electron chi connectivity index (χ4n) is 6.64. The maximum atomic E-state index is 11.6. The molecule has 366 valence electrons. The van der Waals surface area contributed by atoms with Gasteiger partial charge in [0.15, 0.2) is 0 Å². The van der Waals surface area contributed by atoms with E-state index in [9.17, 15) is 22.8 Å². The first-order valence-electron chi connectivity index (χ1n) is 20.9. The number of nitrogens with one attached hydrogen (secondary N) is 2. The van der Waals surface area contributed by atoms with Gasteiger partial charge in [-0.25, -0.2) is 14.4 Å². The van der Waals surface area contributed by atoms with Crippen molar-refractivity contribution in [1.82, 2.24) is 40.0 Å². The Bertz CT molecular complexity index is 3300. The molecule has 0 aliphatic carbocycles. The molecule has 9 rings (SSSR count). The molecule has 0 unspecified atom stereocenters. The van der Waals surface area contributed by atoms with Crippen molar-refractivity contribution in [2.75, 3.05) is 27.6 Å². The van der Waals surface area contributed by atoms with Crippen LogP contribution in [0.15, 0.2) is 128 Å². The third-order valence-corrected chi connectivity index (χ3v) is 10.5. The van der Waals surface area contributed by atoms with E-state index < -0.39 is 16.1 Å². The monoisotopic (exact) mass is 972 g/mol. The van der Waals surface area contributed by atoms with Crippen LogP contribution in [0.2, 0.25) is 0 Å². The average molecular weight is 973 g/mol. The van der Waals surface area contributed by atoms with Gasteiger partial charge in [-0.05, 0) is 93.1 Å². The van der Waals surface area contributed by atoms with Gasteiger partial charge in [0.05, 0.1) is 91.0 Å². The van der Waals surface area contributed by atoms with Gasteiger partial charge in [-0.15, -0.1) is 4.68 Å². The van der Waals surface area contributed by atoms with Crippen LogP contribution in [0.4, 0.5) is 0 Å². The van der Waals surface area contributed by atoms with Crippen molar-refractivity contribution in [3.8, 4) is 0 Å². The van der Waals surface area contributed by atoms with Crippen LogP contribution in [0.1, 0.15) is 79.7 Å². The molecule has 18 nitrogen and oxygen atoms in total. The van der Waals surface area contributed by atoms with Crippen molar-refractivity contribution in [1.29, 1.82) is 0 Å². The highest BCUT2D eigenvalue weighted by atomic mass is 32.2. The fourth-order valence-corrected chi connectivity index (χ4v) is 6.97. The predicted molar refractivity (Wildman–Crippen MR) is 267 cm³/mol. The molecule has 0 spiro atoms. The SMILES string of the molecule is C.C.COC(=O)c1ccnc(COS(C)(=O)=O)c1.COC(=O)c1ccnc(C[n+]2[nH]cc3cc(C)ccc32)c1.COC(=O)c1ccnc(Cn2cc3cc(C)ccc3n2)c1.Cc1ccc2[nH]ncc2c1. The van der Waals surface area contributed by atoms with E-state index in [-0.39, 0.29) is 33.4 Å². The third-order valence-electron chi connectivity index (χ3n) is 9.93. The first-order valence-corrected chi connectivity index (χ1v) is 22.7. The molecule has 2 N–H and O–H groups in total. The smallest absolute Gasteiger partial charge is 0.337 e. The van der Waals surface area contributed by atoms with Crippen LogP contribution >= 0.6 is 0 Å². The number of aromatic nitrogens is 9. The van der Waals surface area contributed by atoms with E-state index >= 15 is 0 Å². The third kappa shape index (κ3) is 15.4. The number of carbonyl (C=O) groups excluding carboxylic acids is 3. The zero-order valence-electron chi connectivity index (χ0n) is 38.5. The lowest BCUT2D eigenvalue weighted by Gasteiger charge is -2.03. The maximum Gasteiger partial charge on any atom is 0.337 e. The molecule has 19 heteroatoms. The van der Waals surface area contributed by atoms with Gasteiger partial charge < -0.3 is 14.2 Å². The summed E-state index contributed by atoms with van der Waals surface area (Å²) in [6, 6.07) is 28.3. The Labute approximate surface area is 406 Å². The number of ether oxygens (including phenoxy) is 3. The lowest BCUT2D eigenvalue weighted by atomic mass is 10.2. The second kappa shape index (κ2) is 25.3. The van der Waals surface area contributed by atoms with Gasteiger partial charge in [-0.1, -0.05) is 44.2 Å². The first-order chi connectivity index (χ1) is 32.6. The Balaban J connectivity index is 0.000000207. The number of H-pyrrole nitrogens is 2. The molecule has 0 bridgehead atoms. The van der Waals surface area contributed by atoms with E-state index in [0.717, 1.165) is 45.0 Å². The number of esters is 3. The van der Waals surface area contributed by atoms with Crippen molar-refractivity contribution >= 4 is 60.7 Å². The Morgan fingerprint density at radius 2 is 1.16 bits per heavy atom. The van der Waals surface area contributed by atoms with E-state index in [1.807, 2.05) is 46.2 Å². The van der Waals surface area contributed by atoms with Crippen molar-refractivity contribution in [2.24, 2.45) is 0 Å². The van der Waals surface area contributed by atoms with E-state index in [4.69, 9.17) is 9.47 Å². The van der Waals surface area contributed by atoms with Gasteiger partial charge in [-0.3, -0.25) is 28.9 Å². The van der Waals surface area contributed by atoms with Crippen LogP contribution in [0.5, 0.6) is 0 Å². The summed E-state index contributed by atoms with van der Waals surface area (Å²) >= 11 is 0. The second-order valence-corrected chi connectivity index (χ2v) is 17.0. The number of fused-ring (bicyclic) bond motifs is 3. The Morgan fingerprint density at radius 1 is 0.643 bits per heavy atom. The van der Waals surface area contributed by atoms with Gasteiger partial charge in [0.2, 0.25) is 12.1 Å². The lowest BCUT2D eigenvalue weighted by molar-refractivity contribution is -0.719. The predicted octanol–water partition coefficient (Wildman–Crippen LogP) is 8.06. The van der Waals surface area contributed by atoms with E-state index in [1.54, 1.807) is 36.7 Å². The number of methoxy groups -OCH3 is 3. The molecule has 70 heavy (non-hydrogen) atoms. The van der Waals surface area contributed by atoms with Crippen molar-refractivity contribution < 1.29 is 45.9 Å². The zero-order chi connectivity index (χ0) is 48.8. The molecule has 0 aliphatic heterocycles. The van der Waals surface area contributed by atoms with Gasteiger partial charge in [-0.2, -0.15) is 23.7 Å². The van der Waals surface area contributed by atoms with Gasteiger partial charge in [0, 0.05) is 41.6 Å². The van der Waals surface area contributed by atoms with Gasteiger partial charge in [0.25, 0.3) is 10.1 Å². The van der Waals surface area contributed by atoms with Crippen LogP contribution in [0.3, 0.4) is 0 Å². The van der Waals surface area contributed by atoms with Crippen LogP contribution in [0, 0.1) is 20.8 Å². The summed E-state index contributed by atoms with van der Waals surface area (Å²) in [7, 11) is 0.481. The number of aryl methyl sites for hydroxylation is 3. The molecule has 3 aromatic carbocycles. The second-order valence-electron chi connectivity index (χ2n) is 15.3. The molecule has 0 aliphatic rings. The number of hydrogen-bond donors (Lipinski definition) is 2. The number of carbonyl (C=O) groups is 3. The average Bonchev–Trinajstić information content (AvgIpc) is 4.08. The molecule has 0 atom stereocenters. The molecule has 0 saturated heterocycles. The summed E-state index contributed by atoms with van der Waals surface area (Å²) in [6.45, 7) is 7.07. The molecule has 0 saturated carbocycles. The van der Waals surface area contributed by atoms with Crippen molar-refractivity contribution in [3.05, 3.63) is 179 Å². The zero-order valence-corrected chi connectivity index (χ0v) is 39.3. The van der Waals surface area contributed by atoms with Crippen LogP contribution < -0.4 is 4.68 Å². The molecule has 6 heterocycles. The molecule has 0 radical (unpaired) electrons. The minimum atomic E-state index is -3.52. The summed E-state index contributed by atoms with van der Waals surface area (Å²) in [6.07, 6.45) is 11.3. The Morgan fingerprint density at radius 3 is 1.76 bits per heavy atom. The van der Waals surface area contributed by atoms with Crippen LogP contribution in [-0.4, -0.2) is 93.9 Å². The quantitative estimate of drug-likeness (QED) is 0.0572. The largest absolute Gasteiger partial charge is 0.465 e. The first kappa shape index (κ1) is 54.4. The standard InChI is InChI=1S/2C16H15N3O2.C9H11NO5S.C8H8N2.2CH4/c1-11-3-4-15-13(7-11)9-19(18-15)10-14-8-12(5-6-17-14)16(20)21-2;1-11-3-4-15-13(7-11)9-18-19(15)10-14-8-12(5-6-17-14)16(20)21-2;1-14-9(11)7-3-4-10-8(5-7)6-15-16(2,12)13;1-6-2-3-8-7(4-6)5-9-10-8;;/h2*3-9H,10H2,1-2H3;3-5H,6H2,1-2H3;2-5H,1H3,(H,9,10);2*1H4/p+1. The molecular weight excluding hydrogens is 915 g/mol. The fraction of sp³-hybridized carbons (Fsp3) is 0.235. The van der Waals surface area contributed by atoms with Gasteiger partial charge >= 0.3 is 17.9 Å². The van der Waals surface area contributed by atoms with E-state index in [0.29, 0.717) is 35.5 Å². The maximum absolute atomic E-state index is 11.6. The minimum Gasteiger partial charge on any atom is -0.465 e. The summed E-state index contributed by atoms with van der Waals surface area (Å²) in [5.74, 6) is -1.22. The Kier molecular flexibility index (Phi) is 19.7. The van der Waals surface area contributed by atoms with Crippen LogP contribution in [0.25, 0.3) is 32.7 Å². The summed E-state index contributed by atoms with van der Waals surface area (Å²) in [5.41, 5.74) is 10.1. The number of nitrogens with zero attached hydrogens (tertiary/aromatic N) is 7. The highest BCUT2D eigenvalue weighted by Crippen LogP contribution is 2.16. The van der Waals surface area contributed by atoms with Crippen molar-refractivity contribution in [2.45, 2.75) is 55.3 Å². The van der Waals surface area contributed by atoms with E-state index in [2.05, 4.69) is 101 Å². The molecule has 0 amide bonds. The minimum absolute atomic E-state index is 0. The molecular formula is C51H58N9O9S+.